The lowest BCUT2D eigenvalue weighted by atomic mass is 10.2. The summed E-state index contributed by atoms with van der Waals surface area (Å²) < 4.78 is 5.35. The summed E-state index contributed by atoms with van der Waals surface area (Å²) in [4.78, 5) is 24.0. The number of nitrogens with one attached hydrogen (secondary N) is 2. The molecule has 6 nitrogen and oxygen atoms in total. The number of hydrogen-bond acceptors (Lipinski definition) is 4. The Kier molecular flexibility index (Phi) is 6.71. The monoisotopic (exact) mass is 339 g/mol. The fourth-order valence-electron chi connectivity index (χ4n) is 2.02. The summed E-state index contributed by atoms with van der Waals surface area (Å²) in [6.45, 7) is 4.13. The van der Waals surface area contributed by atoms with Crippen LogP contribution in [0.4, 0.5) is 0 Å². The number of ether oxygens (including phenoxy) is 1. The molecule has 0 aliphatic heterocycles. The SMILES string of the molecule is CCOc1ccc(/C=N\NC(=O)[C@@H](C)NC(=O)c2ccccc2)cc1. The lowest BCUT2D eigenvalue weighted by Gasteiger charge is -2.12. The first-order valence-corrected chi connectivity index (χ1v) is 8.02. The minimum atomic E-state index is -0.704. The zero-order valence-electron chi connectivity index (χ0n) is 14.2. The molecule has 0 saturated heterocycles. The van der Waals surface area contributed by atoms with Crippen molar-refractivity contribution in [3.05, 3.63) is 65.7 Å². The summed E-state index contributed by atoms with van der Waals surface area (Å²) in [6.07, 6.45) is 1.53. The van der Waals surface area contributed by atoms with Crippen LogP contribution in [0.2, 0.25) is 0 Å². The molecule has 130 valence electrons. The number of rotatable bonds is 7. The molecule has 2 aromatic carbocycles. The third kappa shape index (κ3) is 5.76. The molecular weight excluding hydrogens is 318 g/mol. The van der Waals surface area contributed by atoms with Gasteiger partial charge >= 0.3 is 0 Å². The maximum absolute atomic E-state index is 12.0. The van der Waals surface area contributed by atoms with Crippen LogP contribution >= 0.6 is 0 Å². The molecule has 0 spiro atoms. The Bertz CT molecular complexity index is 727. The molecule has 0 aliphatic rings. The maximum Gasteiger partial charge on any atom is 0.262 e. The van der Waals surface area contributed by atoms with E-state index < -0.39 is 11.9 Å². The maximum atomic E-state index is 12.0. The van der Waals surface area contributed by atoms with Gasteiger partial charge in [0.1, 0.15) is 11.8 Å². The van der Waals surface area contributed by atoms with Crippen molar-refractivity contribution < 1.29 is 14.3 Å². The van der Waals surface area contributed by atoms with Gasteiger partial charge in [0.05, 0.1) is 12.8 Å². The lowest BCUT2D eigenvalue weighted by Crippen LogP contribution is -2.43. The quantitative estimate of drug-likeness (QED) is 0.600. The zero-order valence-corrected chi connectivity index (χ0v) is 14.2. The van der Waals surface area contributed by atoms with Crippen molar-refractivity contribution in [1.82, 2.24) is 10.7 Å². The Labute approximate surface area is 146 Å². The Morgan fingerprint density at radius 2 is 1.80 bits per heavy atom. The smallest absolute Gasteiger partial charge is 0.262 e. The molecule has 0 aromatic heterocycles. The molecule has 0 heterocycles. The summed E-state index contributed by atoms with van der Waals surface area (Å²) in [5.74, 6) is 0.0751. The number of hydrazone groups is 1. The highest BCUT2D eigenvalue weighted by Gasteiger charge is 2.15. The Morgan fingerprint density at radius 1 is 1.12 bits per heavy atom. The second-order valence-corrected chi connectivity index (χ2v) is 5.30. The first-order chi connectivity index (χ1) is 12.1. The standard InChI is InChI=1S/C19H21N3O3/c1-3-25-17-11-9-15(10-12-17)13-20-22-18(23)14(2)21-19(24)16-7-5-4-6-8-16/h4-14H,3H2,1-2H3,(H,21,24)(H,22,23)/b20-13-/t14-/m1/s1. The largest absolute Gasteiger partial charge is 0.494 e. The fraction of sp³-hybridized carbons (Fsp3) is 0.211. The van der Waals surface area contributed by atoms with Gasteiger partial charge in [-0.3, -0.25) is 9.59 Å². The topological polar surface area (TPSA) is 79.8 Å². The van der Waals surface area contributed by atoms with E-state index in [1.165, 1.54) is 6.21 Å². The Balaban J connectivity index is 1.83. The van der Waals surface area contributed by atoms with Crippen molar-refractivity contribution in [2.45, 2.75) is 19.9 Å². The normalized spacial score (nSPS) is 11.8. The molecule has 1 atom stereocenters. The van der Waals surface area contributed by atoms with Crippen molar-refractivity contribution >= 4 is 18.0 Å². The second kappa shape index (κ2) is 9.22. The third-order valence-corrected chi connectivity index (χ3v) is 3.36. The molecule has 0 aliphatic carbocycles. The van der Waals surface area contributed by atoms with Crippen LogP contribution in [0.25, 0.3) is 0 Å². The zero-order chi connectivity index (χ0) is 18.1. The van der Waals surface area contributed by atoms with Gasteiger partial charge in [0.25, 0.3) is 11.8 Å². The minimum absolute atomic E-state index is 0.307. The minimum Gasteiger partial charge on any atom is -0.494 e. The van der Waals surface area contributed by atoms with Gasteiger partial charge in [-0.1, -0.05) is 18.2 Å². The van der Waals surface area contributed by atoms with E-state index in [4.69, 9.17) is 4.74 Å². The Morgan fingerprint density at radius 3 is 2.44 bits per heavy atom. The predicted octanol–water partition coefficient (Wildman–Crippen LogP) is 2.35. The molecular formula is C19H21N3O3. The highest BCUT2D eigenvalue weighted by Crippen LogP contribution is 2.10. The van der Waals surface area contributed by atoms with E-state index in [1.54, 1.807) is 31.2 Å². The van der Waals surface area contributed by atoms with Crippen LogP contribution in [0.3, 0.4) is 0 Å². The number of nitrogens with zero attached hydrogens (tertiary/aromatic N) is 1. The highest BCUT2D eigenvalue weighted by molar-refractivity contribution is 5.97. The van der Waals surface area contributed by atoms with E-state index >= 15 is 0 Å². The van der Waals surface area contributed by atoms with Crippen molar-refractivity contribution in [2.75, 3.05) is 6.61 Å². The molecule has 0 radical (unpaired) electrons. The molecule has 0 fully saturated rings. The number of amides is 2. The van der Waals surface area contributed by atoms with E-state index in [2.05, 4.69) is 15.8 Å². The Hall–Kier alpha value is -3.15. The van der Waals surface area contributed by atoms with Gasteiger partial charge in [0.2, 0.25) is 0 Å². The number of carbonyl (C=O) groups excluding carboxylic acids is 2. The third-order valence-electron chi connectivity index (χ3n) is 3.36. The van der Waals surface area contributed by atoms with Gasteiger partial charge < -0.3 is 10.1 Å². The lowest BCUT2D eigenvalue weighted by molar-refractivity contribution is -0.122. The van der Waals surface area contributed by atoms with Crippen LogP contribution in [0.5, 0.6) is 5.75 Å². The summed E-state index contributed by atoms with van der Waals surface area (Å²) in [6, 6.07) is 15.3. The molecule has 0 unspecified atom stereocenters. The number of carbonyl (C=O) groups is 2. The highest BCUT2D eigenvalue weighted by atomic mass is 16.5. The second-order valence-electron chi connectivity index (χ2n) is 5.30. The number of hydrogen-bond donors (Lipinski definition) is 2. The van der Waals surface area contributed by atoms with Crippen LogP contribution in [0, 0.1) is 0 Å². The molecule has 2 rings (SSSR count). The van der Waals surface area contributed by atoms with Crippen LogP contribution in [-0.2, 0) is 4.79 Å². The molecule has 0 saturated carbocycles. The van der Waals surface area contributed by atoms with E-state index in [0.29, 0.717) is 12.2 Å². The molecule has 2 amide bonds. The number of benzene rings is 2. The molecule has 2 aromatic rings. The van der Waals surface area contributed by atoms with Crippen LogP contribution in [-0.4, -0.2) is 30.7 Å². The average Bonchev–Trinajstić information content (AvgIpc) is 2.64. The van der Waals surface area contributed by atoms with Crippen LogP contribution in [0.1, 0.15) is 29.8 Å². The molecule has 2 N–H and O–H groups in total. The summed E-state index contributed by atoms with van der Waals surface area (Å²) in [7, 11) is 0. The summed E-state index contributed by atoms with van der Waals surface area (Å²) >= 11 is 0. The summed E-state index contributed by atoms with van der Waals surface area (Å²) in [5.41, 5.74) is 3.74. The molecule has 6 heteroatoms. The van der Waals surface area contributed by atoms with Gasteiger partial charge in [0.15, 0.2) is 0 Å². The van der Waals surface area contributed by atoms with Crippen molar-refractivity contribution in [3.8, 4) is 5.75 Å². The van der Waals surface area contributed by atoms with E-state index in [9.17, 15) is 9.59 Å². The van der Waals surface area contributed by atoms with Crippen molar-refractivity contribution in [2.24, 2.45) is 5.10 Å². The van der Waals surface area contributed by atoms with E-state index in [0.717, 1.165) is 11.3 Å². The van der Waals surface area contributed by atoms with Gasteiger partial charge in [-0.25, -0.2) is 5.43 Å². The predicted molar refractivity (Wildman–Crippen MR) is 96.7 cm³/mol. The average molecular weight is 339 g/mol. The van der Waals surface area contributed by atoms with Gasteiger partial charge in [-0.2, -0.15) is 5.10 Å². The van der Waals surface area contributed by atoms with Crippen LogP contribution < -0.4 is 15.5 Å². The van der Waals surface area contributed by atoms with Crippen molar-refractivity contribution in [3.63, 3.8) is 0 Å². The van der Waals surface area contributed by atoms with Gasteiger partial charge in [0, 0.05) is 5.56 Å². The van der Waals surface area contributed by atoms with E-state index in [-0.39, 0.29) is 5.91 Å². The first kappa shape index (κ1) is 18.2. The van der Waals surface area contributed by atoms with Gasteiger partial charge in [-0.15, -0.1) is 0 Å². The summed E-state index contributed by atoms with van der Waals surface area (Å²) in [5, 5.41) is 6.53. The molecule has 0 bridgehead atoms. The van der Waals surface area contributed by atoms with E-state index in [1.807, 2.05) is 37.3 Å². The first-order valence-electron chi connectivity index (χ1n) is 8.02. The van der Waals surface area contributed by atoms with Crippen molar-refractivity contribution in [1.29, 1.82) is 0 Å². The van der Waals surface area contributed by atoms with Crippen LogP contribution in [0.15, 0.2) is 59.7 Å². The fourth-order valence-corrected chi connectivity index (χ4v) is 2.02. The molecule has 25 heavy (non-hydrogen) atoms. The van der Waals surface area contributed by atoms with Gasteiger partial charge in [-0.05, 0) is 55.8 Å².